The quantitative estimate of drug-likeness (QED) is 0.519. The van der Waals surface area contributed by atoms with Gasteiger partial charge in [-0.25, -0.2) is 13.9 Å². The van der Waals surface area contributed by atoms with E-state index in [9.17, 15) is 13.6 Å². The predicted octanol–water partition coefficient (Wildman–Crippen LogP) is 3.90. The number of nitrogens with one attached hydrogen (secondary N) is 2. The van der Waals surface area contributed by atoms with Crippen LogP contribution in [0.4, 0.5) is 14.5 Å². The van der Waals surface area contributed by atoms with Gasteiger partial charge in [-0.1, -0.05) is 18.7 Å². The molecule has 29 heavy (non-hydrogen) atoms. The van der Waals surface area contributed by atoms with Gasteiger partial charge in [0.25, 0.3) is 5.56 Å². The van der Waals surface area contributed by atoms with Crippen LogP contribution in [0.15, 0.2) is 58.6 Å². The molecule has 2 aromatic carbocycles. The Labute approximate surface area is 165 Å². The number of H-pyrrole nitrogens is 1. The van der Waals surface area contributed by atoms with Crippen LogP contribution >= 0.6 is 0 Å². The predicted molar refractivity (Wildman–Crippen MR) is 109 cm³/mol. The molecule has 2 N–H and O–H groups in total. The van der Waals surface area contributed by atoms with Gasteiger partial charge in [-0.15, -0.1) is 0 Å². The minimum Gasteiger partial charge on any atom is -0.377 e. The summed E-state index contributed by atoms with van der Waals surface area (Å²) in [6.07, 6.45) is 1.63. The zero-order valence-corrected chi connectivity index (χ0v) is 15.9. The van der Waals surface area contributed by atoms with Crippen molar-refractivity contribution in [2.24, 2.45) is 5.10 Å². The Morgan fingerprint density at radius 2 is 1.97 bits per heavy atom. The fourth-order valence-electron chi connectivity index (χ4n) is 3.78. The molecule has 8 heteroatoms. The number of benzene rings is 2. The Morgan fingerprint density at radius 3 is 2.66 bits per heavy atom. The summed E-state index contributed by atoms with van der Waals surface area (Å²) in [6.45, 7) is 5.97. The molecular formula is C21H19F2N5O. The molecule has 3 aromatic rings. The van der Waals surface area contributed by atoms with Crippen molar-refractivity contribution in [2.45, 2.75) is 18.9 Å². The van der Waals surface area contributed by atoms with E-state index in [1.807, 2.05) is 0 Å². The molecule has 0 spiro atoms. The number of hydrogen-bond donors (Lipinski definition) is 2. The number of nitrogens with zero attached hydrogens (tertiary/aromatic N) is 3. The lowest BCUT2D eigenvalue weighted by Crippen LogP contribution is -2.31. The smallest absolute Gasteiger partial charge is 0.272 e. The van der Waals surface area contributed by atoms with Gasteiger partial charge >= 0.3 is 0 Å². The molecule has 148 valence electrons. The monoisotopic (exact) mass is 395 g/mol. The SMILES string of the molecule is C=C([C@H]1c2n[nH]c(=O)c3cc(F)cc(c23)N[C@@H]1c1ccc(F)cc1)N(C)/N=C\C. The van der Waals surface area contributed by atoms with E-state index >= 15 is 0 Å². The van der Waals surface area contributed by atoms with Crippen molar-refractivity contribution in [3.63, 3.8) is 0 Å². The molecule has 0 unspecified atom stereocenters. The van der Waals surface area contributed by atoms with Gasteiger partial charge in [0.2, 0.25) is 0 Å². The lowest BCUT2D eigenvalue weighted by molar-refractivity contribution is 0.393. The number of likely N-dealkylation sites (N-methyl/N-ethyl adjacent to an activating group) is 1. The van der Waals surface area contributed by atoms with Crippen molar-refractivity contribution in [1.29, 1.82) is 0 Å². The fourth-order valence-corrected chi connectivity index (χ4v) is 3.78. The van der Waals surface area contributed by atoms with Crippen LogP contribution in [0.5, 0.6) is 0 Å². The molecule has 2 heterocycles. The van der Waals surface area contributed by atoms with Crippen molar-refractivity contribution < 1.29 is 8.78 Å². The van der Waals surface area contributed by atoms with Crippen LogP contribution in [0.3, 0.4) is 0 Å². The third-order valence-corrected chi connectivity index (χ3v) is 5.11. The topological polar surface area (TPSA) is 73.4 Å². The zero-order chi connectivity index (χ0) is 20.7. The molecule has 0 saturated heterocycles. The van der Waals surface area contributed by atoms with Crippen LogP contribution in [0.25, 0.3) is 10.8 Å². The van der Waals surface area contributed by atoms with E-state index in [4.69, 9.17) is 0 Å². The highest BCUT2D eigenvalue weighted by Crippen LogP contribution is 2.46. The number of rotatable bonds is 4. The number of halogens is 2. The standard InChI is InChI=1S/C21H19F2N5O/c1-4-24-28(3)11(2)17-19(12-5-7-13(22)8-6-12)25-16-10-14(23)9-15-18(16)20(17)26-27-21(15)29/h4-10,17,19,25H,2H2,1,3H3,(H,27,29)/b24-4-/t17-,19-/m1/s1. The van der Waals surface area contributed by atoms with Gasteiger partial charge in [-0.2, -0.15) is 10.2 Å². The van der Waals surface area contributed by atoms with Gasteiger partial charge in [0.05, 0.1) is 23.0 Å². The van der Waals surface area contributed by atoms with Gasteiger partial charge in [-0.05, 0) is 36.8 Å². The average molecular weight is 395 g/mol. The van der Waals surface area contributed by atoms with E-state index in [2.05, 4.69) is 27.2 Å². The molecule has 0 amide bonds. The summed E-state index contributed by atoms with van der Waals surface area (Å²) < 4.78 is 27.7. The molecule has 6 nitrogen and oxygen atoms in total. The Hall–Kier alpha value is -3.55. The van der Waals surface area contributed by atoms with Crippen LogP contribution in [0, 0.1) is 11.6 Å². The summed E-state index contributed by atoms with van der Waals surface area (Å²) in [6, 6.07) is 8.14. The summed E-state index contributed by atoms with van der Waals surface area (Å²) in [5.41, 5.74) is 1.90. The number of hydrogen-bond acceptors (Lipinski definition) is 5. The van der Waals surface area contributed by atoms with Crippen LogP contribution in [0.1, 0.15) is 30.1 Å². The Balaban J connectivity index is 1.97. The van der Waals surface area contributed by atoms with Gasteiger partial charge in [0, 0.05) is 30.0 Å². The molecule has 1 aliphatic rings. The molecule has 0 aliphatic carbocycles. The van der Waals surface area contributed by atoms with Crippen molar-refractivity contribution in [3.8, 4) is 0 Å². The summed E-state index contributed by atoms with van der Waals surface area (Å²) >= 11 is 0. The third kappa shape index (κ3) is 3.16. The zero-order valence-electron chi connectivity index (χ0n) is 15.9. The second-order valence-electron chi connectivity index (χ2n) is 6.85. The van der Waals surface area contributed by atoms with Gasteiger partial charge < -0.3 is 5.32 Å². The van der Waals surface area contributed by atoms with Gasteiger partial charge in [0.1, 0.15) is 11.6 Å². The number of aromatic nitrogens is 2. The maximum Gasteiger partial charge on any atom is 0.272 e. The minimum atomic E-state index is -0.537. The molecule has 4 rings (SSSR count). The van der Waals surface area contributed by atoms with E-state index in [0.29, 0.717) is 22.5 Å². The molecule has 0 saturated carbocycles. The normalized spacial score (nSPS) is 18.1. The highest BCUT2D eigenvalue weighted by atomic mass is 19.1. The largest absolute Gasteiger partial charge is 0.377 e. The molecule has 1 aliphatic heterocycles. The van der Waals surface area contributed by atoms with Gasteiger partial charge in [0.15, 0.2) is 0 Å². The maximum atomic E-state index is 14.2. The third-order valence-electron chi connectivity index (χ3n) is 5.11. The van der Waals surface area contributed by atoms with Crippen LogP contribution in [-0.4, -0.2) is 28.5 Å². The lowest BCUT2D eigenvalue weighted by Gasteiger charge is -2.37. The Bertz CT molecular complexity index is 1190. The average Bonchev–Trinajstić information content (AvgIpc) is 2.70. The van der Waals surface area contributed by atoms with Crippen molar-refractivity contribution in [1.82, 2.24) is 15.2 Å². The Morgan fingerprint density at radius 1 is 1.24 bits per heavy atom. The Kier molecular flexibility index (Phi) is 4.62. The summed E-state index contributed by atoms with van der Waals surface area (Å²) in [5.74, 6) is -1.33. The number of aromatic amines is 1. The maximum absolute atomic E-state index is 14.2. The van der Waals surface area contributed by atoms with Crippen molar-refractivity contribution in [2.75, 3.05) is 12.4 Å². The van der Waals surface area contributed by atoms with E-state index in [-0.39, 0.29) is 11.2 Å². The first-order valence-electron chi connectivity index (χ1n) is 9.05. The molecule has 0 radical (unpaired) electrons. The van der Waals surface area contributed by atoms with Crippen LogP contribution < -0.4 is 10.9 Å². The minimum absolute atomic E-state index is 0.203. The highest BCUT2D eigenvalue weighted by Gasteiger charge is 2.37. The second kappa shape index (κ2) is 7.12. The van der Waals surface area contributed by atoms with E-state index < -0.39 is 23.3 Å². The number of anilines is 1. The van der Waals surface area contributed by atoms with Gasteiger partial charge in [-0.3, -0.25) is 9.80 Å². The van der Waals surface area contributed by atoms with E-state index in [0.717, 1.165) is 5.56 Å². The summed E-state index contributed by atoms with van der Waals surface area (Å²) in [4.78, 5) is 12.3. The fraction of sp³-hybridized carbons (Fsp3) is 0.190. The van der Waals surface area contributed by atoms with Crippen molar-refractivity contribution >= 4 is 22.7 Å². The first kappa shape index (κ1) is 18.8. The lowest BCUT2D eigenvalue weighted by atomic mass is 9.82. The summed E-state index contributed by atoms with van der Waals surface area (Å²) in [5, 5.41) is 16.7. The molecule has 0 fully saturated rings. The van der Waals surface area contributed by atoms with E-state index in [1.54, 1.807) is 37.3 Å². The second-order valence-corrected chi connectivity index (χ2v) is 6.85. The van der Waals surface area contributed by atoms with Crippen LogP contribution in [0.2, 0.25) is 0 Å². The highest BCUT2D eigenvalue weighted by molar-refractivity contribution is 5.97. The van der Waals surface area contributed by atoms with Crippen molar-refractivity contribution in [3.05, 3.63) is 81.9 Å². The first-order valence-corrected chi connectivity index (χ1v) is 9.05. The molecular weight excluding hydrogens is 376 g/mol. The molecule has 0 bridgehead atoms. The van der Waals surface area contributed by atoms with Crippen LogP contribution in [-0.2, 0) is 0 Å². The summed E-state index contributed by atoms with van der Waals surface area (Å²) in [7, 11) is 1.76. The first-order chi connectivity index (χ1) is 13.9. The molecule has 2 atom stereocenters. The molecule has 1 aromatic heterocycles. The van der Waals surface area contributed by atoms with E-state index in [1.165, 1.54) is 24.3 Å². The number of hydrazone groups is 1.